The number of hydrogen-bond acceptors (Lipinski definition) is 5. The Labute approximate surface area is 229 Å². The van der Waals surface area contributed by atoms with Crippen molar-refractivity contribution in [1.29, 1.82) is 0 Å². The second kappa shape index (κ2) is 10.3. The van der Waals surface area contributed by atoms with Crippen molar-refractivity contribution in [3.05, 3.63) is 95.1 Å². The Morgan fingerprint density at radius 2 is 1.68 bits per heavy atom. The molecule has 0 atom stereocenters. The number of amides is 2. The number of sulfone groups is 1. The first-order valence-corrected chi connectivity index (χ1v) is 14.5. The molecule has 1 saturated carbocycles. The number of carbonyl (C=O) groups excluding carboxylic acids is 2. The van der Waals surface area contributed by atoms with E-state index in [1.165, 1.54) is 49.5 Å². The van der Waals surface area contributed by atoms with Crippen LogP contribution < -0.4 is 10.6 Å². The first-order chi connectivity index (χ1) is 18.9. The third kappa shape index (κ3) is 5.40. The summed E-state index contributed by atoms with van der Waals surface area (Å²) in [5.74, 6) is -2.44. The fraction of sp³-hybridized carbons (Fsp3) is 0.200. The quantitative estimate of drug-likeness (QED) is 0.293. The Kier molecular flexibility index (Phi) is 7.05. The van der Waals surface area contributed by atoms with E-state index < -0.39 is 33.3 Å². The van der Waals surface area contributed by atoms with Gasteiger partial charge in [-0.05, 0) is 78.1 Å². The molecular weight excluding hydrogens is 538 g/mol. The highest BCUT2D eigenvalue weighted by Crippen LogP contribution is 2.39. The molecule has 0 spiro atoms. The molecular formula is C30H26F2N2O5S. The zero-order valence-corrected chi connectivity index (χ0v) is 22.6. The lowest BCUT2D eigenvalue weighted by atomic mass is 9.87. The highest BCUT2D eigenvalue weighted by molar-refractivity contribution is 7.89. The van der Waals surface area contributed by atoms with E-state index in [2.05, 4.69) is 17.2 Å². The molecule has 1 aromatic heterocycles. The topological polar surface area (TPSA) is 105 Å². The summed E-state index contributed by atoms with van der Waals surface area (Å²) >= 11 is 0. The van der Waals surface area contributed by atoms with Gasteiger partial charge >= 0.3 is 0 Å². The minimum atomic E-state index is -3.53. The highest BCUT2D eigenvalue weighted by atomic mass is 32.2. The highest BCUT2D eigenvalue weighted by Gasteiger charge is 2.27. The van der Waals surface area contributed by atoms with Crippen LogP contribution in [0.1, 0.15) is 39.1 Å². The minimum Gasteiger partial charge on any atom is -0.455 e. The van der Waals surface area contributed by atoms with Crippen LogP contribution in [0.5, 0.6) is 0 Å². The number of benzene rings is 3. The molecule has 7 nitrogen and oxygen atoms in total. The Morgan fingerprint density at radius 1 is 1.00 bits per heavy atom. The van der Waals surface area contributed by atoms with E-state index in [-0.39, 0.29) is 34.3 Å². The number of carbonyl (C=O) groups is 2. The van der Waals surface area contributed by atoms with E-state index in [1.807, 2.05) is 0 Å². The lowest BCUT2D eigenvalue weighted by molar-refractivity contribution is 0.0923. The van der Waals surface area contributed by atoms with Gasteiger partial charge in [0.05, 0.1) is 16.9 Å². The number of hydrogen-bond donors (Lipinski definition) is 2. The lowest BCUT2D eigenvalue weighted by Gasteiger charge is -2.29. The van der Waals surface area contributed by atoms with Crippen LogP contribution in [-0.2, 0) is 15.6 Å². The van der Waals surface area contributed by atoms with Crippen LogP contribution in [0.2, 0.25) is 0 Å². The van der Waals surface area contributed by atoms with Crippen molar-refractivity contribution < 1.29 is 31.2 Å². The molecule has 206 valence electrons. The number of nitrogens with one attached hydrogen (secondary N) is 2. The predicted molar refractivity (Wildman–Crippen MR) is 149 cm³/mol. The number of furan rings is 1. The smallest absolute Gasteiger partial charge is 0.255 e. The first-order valence-electron chi connectivity index (χ1n) is 12.5. The van der Waals surface area contributed by atoms with E-state index in [1.54, 1.807) is 6.07 Å². The Hall–Kier alpha value is -4.31. The summed E-state index contributed by atoms with van der Waals surface area (Å²) in [7, 11) is -2.08. The standard InChI is InChI=1S/C30H26F2N2O5S/c1-16-10-21(11-16)34-29(35)23-12-18(6-9-25(23)32)22-14-24-26(13-19(22)15-40(3,37)38)39-28(27(24)30(36)33-2)17-4-7-20(31)8-5-17/h4-9,12-14,21H,1,10-11,15H2,2-3H3,(H,33,36)(H,34,35). The third-order valence-electron chi connectivity index (χ3n) is 6.82. The normalized spacial score (nSPS) is 13.8. The summed E-state index contributed by atoms with van der Waals surface area (Å²) in [5.41, 5.74) is 2.79. The minimum absolute atomic E-state index is 0.119. The molecule has 0 bridgehead atoms. The summed E-state index contributed by atoms with van der Waals surface area (Å²) < 4.78 is 59.1. The molecule has 3 aromatic carbocycles. The van der Waals surface area contributed by atoms with Crippen molar-refractivity contribution in [3.63, 3.8) is 0 Å². The summed E-state index contributed by atoms with van der Waals surface area (Å²) in [6.07, 6.45) is 2.34. The van der Waals surface area contributed by atoms with Crippen molar-refractivity contribution in [2.24, 2.45) is 0 Å². The molecule has 2 N–H and O–H groups in total. The fourth-order valence-electron chi connectivity index (χ4n) is 4.88. The number of halogens is 2. The van der Waals surface area contributed by atoms with Crippen LogP contribution in [0.25, 0.3) is 33.4 Å². The second-order valence-electron chi connectivity index (χ2n) is 9.99. The maximum absolute atomic E-state index is 14.8. The van der Waals surface area contributed by atoms with Gasteiger partial charge in [-0.15, -0.1) is 0 Å². The first kappa shape index (κ1) is 27.3. The van der Waals surface area contributed by atoms with Gasteiger partial charge in [-0.1, -0.05) is 18.2 Å². The largest absolute Gasteiger partial charge is 0.455 e. The summed E-state index contributed by atoms with van der Waals surface area (Å²) in [4.78, 5) is 25.9. The van der Waals surface area contributed by atoms with Gasteiger partial charge in [0.1, 0.15) is 23.0 Å². The van der Waals surface area contributed by atoms with Gasteiger partial charge in [0, 0.05) is 30.3 Å². The van der Waals surface area contributed by atoms with E-state index >= 15 is 0 Å². The van der Waals surface area contributed by atoms with Crippen LogP contribution in [0, 0.1) is 11.6 Å². The van der Waals surface area contributed by atoms with Gasteiger partial charge in [0.15, 0.2) is 9.84 Å². The Bertz CT molecular complexity index is 1790. The third-order valence-corrected chi connectivity index (χ3v) is 7.65. The van der Waals surface area contributed by atoms with E-state index in [9.17, 15) is 26.8 Å². The molecule has 1 fully saturated rings. The molecule has 1 aliphatic rings. The Morgan fingerprint density at radius 3 is 2.30 bits per heavy atom. The van der Waals surface area contributed by atoms with E-state index in [0.717, 1.165) is 17.9 Å². The van der Waals surface area contributed by atoms with Gasteiger partial charge < -0.3 is 15.1 Å². The van der Waals surface area contributed by atoms with Crippen LogP contribution in [0.15, 0.2) is 71.2 Å². The molecule has 2 amide bonds. The molecule has 4 aromatic rings. The number of rotatable bonds is 7. The molecule has 0 radical (unpaired) electrons. The van der Waals surface area contributed by atoms with Gasteiger partial charge in [0.2, 0.25) is 0 Å². The van der Waals surface area contributed by atoms with E-state index in [4.69, 9.17) is 4.42 Å². The lowest BCUT2D eigenvalue weighted by Crippen LogP contribution is -2.40. The van der Waals surface area contributed by atoms with Crippen molar-refractivity contribution in [2.45, 2.75) is 24.6 Å². The molecule has 0 aliphatic heterocycles. The molecule has 0 unspecified atom stereocenters. The van der Waals surface area contributed by atoms with Crippen molar-refractivity contribution in [1.82, 2.24) is 10.6 Å². The van der Waals surface area contributed by atoms with Crippen molar-refractivity contribution in [2.75, 3.05) is 13.3 Å². The van der Waals surface area contributed by atoms with Crippen LogP contribution in [-0.4, -0.2) is 39.6 Å². The van der Waals surface area contributed by atoms with Crippen molar-refractivity contribution >= 4 is 32.6 Å². The summed E-state index contributed by atoms with van der Waals surface area (Å²) in [6, 6.07) is 12.4. The SMILES string of the molecule is C=C1CC(NC(=O)c2cc(-c3cc4c(C(=O)NC)c(-c5ccc(F)cc5)oc4cc3CS(C)(=O)=O)ccc2F)C1. The maximum atomic E-state index is 14.8. The van der Waals surface area contributed by atoms with E-state index in [0.29, 0.717) is 40.5 Å². The average molecular weight is 565 g/mol. The second-order valence-corrected chi connectivity index (χ2v) is 12.1. The number of fused-ring (bicyclic) bond motifs is 1. The van der Waals surface area contributed by atoms with Gasteiger partial charge in [-0.2, -0.15) is 0 Å². The van der Waals surface area contributed by atoms with Crippen LogP contribution in [0.3, 0.4) is 0 Å². The monoisotopic (exact) mass is 564 g/mol. The molecule has 1 heterocycles. The summed E-state index contributed by atoms with van der Waals surface area (Å²) in [5, 5.41) is 5.74. The van der Waals surface area contributed by atoms with Crippen LogP contribution in [0.4, 0.5) is 8.78 Å². The van der Waals surface area contributed by atoms with Crippen LogP contribution >= 0.6 is 0 Å². The zero-order chi connectivity index (χ0) is 28.8. The molecule has 40 heavy (non-hydrogen) atoms. The van der Waals surface area contributed by atoms with Gasteiger partial charge in [0.25, 0.3) is 11.8 Å². The summed E-state index contributed by atoms with van der Waals surface area (Å²) in [6.45, 7) is 3.85. The van der Waals surface area contributed by atoms with Gasteiger partial charge in [-0.3, -0.25) is 9.59 Å². The maximum Gasteiger partial charge on any atom is 0.255 e. The van der Waals surface area contributed by atoms with Crippen molar-refractivity contribution in [3.8, 4) is 22.5 Å². The zero-order valence-electron chi connectivity index (χ0n) is 21.8. The molecule has 0 saturated heterocycles. The Balaban J connectivity index is 1.70. The average Bonchev–Trinajstić information content (AvgIpc) is 3.25. The van der Waals surface area contributed by atoms with Gasteiger partial charge in [-0.25, -0.2) is 17.2 Å². The predicted octanol–water partition coefficient (Wildman–Crippen LogP) is 5.40. The molecule has 1 aliphatic carbocycles. The molecule has 5 rings (SSSR count). The fourth-order valence-corrected chi connectivity index (χ4v) is 5.68. The molecule has 10 heteroatoms.